The Labute approximate surface area is 62.6 Å². The average Bonchev–Trinajstić information content (AvgIpc) is 1.85. The highest BCUT2D eigenvalue weighted by atomic mass is 32.2. The summed E-state index contributed by atoms with van der Waals surface area (Å²) in [7, 11) is 0. The molecule has 0 aromatic rings. The van der Waals surface area contributed by atoms with Crippen LogP contribution in [0.1, 0.15) is 6.42 Å². The summed E-state index contributed by atoms with van der Waals surface area (Å²) in [5.74, 6) is 0. The van der Waals surface area contributed by atoms with Crippen LogP contribution in [-0.4, -0.2) is 27.9 Å². The molecule has 2 unspecified atom stereocenters. The fourth-order valence-corrected chi connectivity index (χ4v) is 0.841. The van der Waals surface area contributed by atoms with Crippen LogP contribution in [0, 0.1) is 0 Å². The summed E-state index contributed by atoms with van der Waals surface area (Å²) in [6.07, 6.45) is 0.629. The molecule has 0 aromatic heterocycles. The Balaban J connectivity index is 3.21. The van der Waals surface area contributed by atoms with Crippen LogP contribution in [0.15, 0.2) is 0 Å². The average molecular weight is 166 g/mol. The van der Waals surface area contributed by atoms with E-state index in [1.165, 1.54) is 0 Å². The van der Waals surface area contributed by atoms with Crippen LogP contribution < -0.4 is 16.2 Å². The molecule has 0 rings (SSSR count). The van der Waals surface area contributed by atoms with Crippen molar-refractivity contribution in [2.24, 2.45) is 11.5 Å². The van der Waals surface area contributed by atoms with Gasteiger partial charge in [0.25, 0.3) is 0 Å². The summed E-state index contributed by atoms with van der Waals surface area (Å²) in [5, 5.41) is 0. The zero-order valence-corrected chi connectivity index (χ0v) is 6.39. The number of nitrogens with one attached hydrogen (secondary N) is 1. The van der Waals surface area contributed by atoms with Gasteiger partial charge < -0.3 is 16.0 Å². The fourth-order valence-electron chi connectivity index (χ4n) is 0.491. The van der Waals surface area contributed by atoms with Crippen LogP contribution in [-0.2, 0) is 11.3 Å². The number of rotatable bonds is 5. The van der Waals surface area contributed by atoms with E-state index in [0.717, 1.165) is 0 Å². The molecule has 2 atom stereocenters. The summed E-state index contributed by atoms with van der Waals surface area (Å²) < 4.78 is 22.0. The van der Waals surface area contributed by atoms with E-state index < -0.39 is 11.3 Å². The van der Waals surface area contributed by atoms with Gasteiger partial charge in [0.15, 0.2) is 0 Å². The highest BCUT2D eigenvalue weighted by Crippen LogP contribution is 1.81. The van der Waals surface area contributed by atoms with Crippen molar-refractivity contribution >= 4 is 11.3 Å². The Morgan fingerprint density at radius 2 is 2.30 bits per heavy atom. The quantitative estimate of drug-likeness (QED) is 0.413. The predicted octanol–water partition coefficient (Wildman–Crippen LogP) is -1.95. The van der Waals surface area contributed by atoms with E-state index in [1.807, 2.05) is 0 Å². The van der Waals surface area contributed by atoms with Crippen molar-refractivity contribution in [1.29, 1.82) is 0 Å². The maximum Gasteiger partial charge on any atom is 0.0224 e. The van der Waals surface area contributed by atoms with Gasteiger partial charge in [-0.15, -0.1) is 0 Å². The topological polar surface area (TPSA) is 104 Å². The van der Waals surface area contributed by atoms with E-state index in [-0.39, 0.29) is 12.6 Å². The second-order valence-electron chi connectivity index (χ2n) is 1.92. The Morgan fingerprint density at radius 1 is 1.70 bits per heavy atom. The minimum absolute atomic E-state index is 0.178. The lowest BCUT2D eigenvalue weighted by Gasteiger charge is -2.12. The SMILES string of the molecule is NCCC(N)CNS(=O)[O-]. The second-order valence-corrected chi connectivity index (χ2v) is 2.68. The first-order valence-electron chi connectivity index (χ1n) is 2.95. The summed E-state index contributed by atoms with van der Waals surface area (Å²) in [6, 6.07) is -0.178. The molecule has 0 spiro atoms. The number of nitrogens with two attached hydrogens (primary N) is 2. The van der Waals surface area contributed by atoms with Gasteiger partial charge in [-0.2, -0.15) is 0 Å². The Morgan fingerprint density at radius 3 is 2.70 bits per heavy atom. The van der Waals surface area contributed by atoms with Gasteiger partial charge in [-0.3, -0.25) is 4.21 Å². The summed E-state index contributed by atoms with van der Waals surface area (Å²) in [6.45, 7) is 0.738. The highest BCUT2D eigenvalue weighted by molar-refractivity contribution is 7.77. The molecule has 0 amide bonds. The minimum atomic E-state index is -2.21. The van der Waals surface area contributed by atoms with Crippen LogP contribution in [0.5, 0.6) is 0 Å². The van der Waals surface area contributed by atoms with E-state index in [4.69, 9.17) is 11.5 Å². The molecule has 0 fully saturated rings. The maximum atomic E-state index is 9.91. The highest BCUT2D eigenvalue weighted by Gasteiger charge is 1.98. The van der Waals surface area contributed by atoms with Crippen molar-refractivity contribution in [3.8, 4) is 0 Å². The van der Waals surface area contributed by atoms with E-state index >= 15 is 0 Å². The zero-order valence-electron chi connectivity index (χ0n) is 5.58. The van der Waals surface area contributed by atoms with Gasteiger partial charge >= 0.3 is 0 Å². The molecular formula is C4H12N3O2S-. The summed E-state index contributed by atoms with van der Waals surface area (Å²) >= 11 is -2.21. The minimum Gasteiger partial charge on any atom is -0.760 e. The van der Waals surface area contributed by atoms with Gasteiger partial charge in [0.2, 0.25) is 0 Å². The van der Waals surface area contributed by atoms with Crippen molar-refractivity contribution < 1.29 is 8.76 Å². The molecule has 0 aliphatic carbocycles. The van der Waals surface area contributed by atoms with Crippen LogP contribution in [0.25, 0.3) is 0 Å². The Bertz CT molecular complexity index is 111. The molecule has 5 N–H and O–H groups in total. The molecule has 0 saturated carbocycles. The third-order valence-corrected chi connectivity index (χ3v) is 1.40. The van der Waals surface area contributed by atoms with Crippen LogP contribution in [0.2, 0.25) is 0 Å². The smallest absolute Gasteiger partial charge is 0.0224 e. The van der Waals surface area contributed by atoms with E-state index in [0.29, 0.717) is 13.0 Å². The molecule has 62 valence electrons. The first kappa shape index (κ1) is 9.99. The van der Waals surface area contributed by atoms with Crippen molar-refractivity contribution in [2.75, 3.05) is 13.1 Å². The van der Waals surface area contributed by atoms with Gasteiger partial charge in [-0.05, 0) is 13.0 Å². The monoisotopic (exact) mass is 166 g/mol. The van der Waals surface area contributed by atoms with E-state index in [9.17, 15) is 8.76 Å². The number of hydrogen-bond donors (Lipinski definition) is 3. The Hall–Kier alpha value is -0.0100. The normalized spacial score (nSPS) is 16.7. The van der Waals surface area contributed by atoms with Crippen LogP contribution in [0.4, 0.5) is 0 Å². The van der Waals surface area contributed by atoms with E-state index in [1.54, 1.807) is 0 Å². The van der Waals surface area contributed by atoms with Gasteiger partial charge in [0.05, 0.1) is 0 Å². The van der Waals surface area contributed by atoms with Crippen LogP contribution >= 0.6 is 0 Å². The van der Waals surface area contributed by atoms with Crippen molar-refractivity contribution in [3.63, 3.8) is 0 Å². The fraction of sp³-hybridized carbons (Fsp3) is 1.00. The maximum absolute atomic E-state index is 9.91. The molecule has 0 bridgehead atoms. The molecule has 0 aliphatic heterocycles. The Kier molecular flexibility index (Phi) is 5.74. The summed E-state index contributed by atoms with van der Waals surface area (Å²) in [4.78, 5) is 0. The van der Waals surface area contributed by atoms with Gasteiger partial charge in [-0.25, -0.2) is 4.72 Å². The first-order chi connectivity index (χ1) is 4.66. The van der Waals surface area contributed by atoms with Gasteiger partial charge in [0, 0.05) is 23.9 Å². The lowest BCUT2D eigenvalue weighted by Crippen LogP contribution is -2.36. The molecule has 0 radical (unpaired) electrons. The number of hydrogen-bond acceptors (Lipinski definition) is 4. The lowest BCUT2D eigenvalue weighted by molar-refractivity contribution is 0.511. The third-order valence-electron chi connectivity index (χ3n) is 1.00. The van der Waals surface area contributed by atoms with Crippen LogP contribution in [0.3, 0.4) is 0 Å². The molecule has 0 heterocycles. The van der Waals surface area contributed by atoms with Gasteiger partial charge in [0.1, 0.15) is 0 Å². The molecule has 0 aromatic carbocycles. The van der Waals surface area contributed by atoms with E-state index in [2.05, 4.69) is 4.72 Å². The third kappa shape index (κ3) is 6.12. The standard InChI is InChI=1S/C4H13N3O2S/c5-2-1-4(6)3-7-10(8)9/h4,7H,1-3,5-6H2,(H,8,9)/p-1. The van der Waals surface area contributed by atoms with Crippen molar-refractivity contribution in [1.82, 2.24) is 4.72 Å². The molecule has 0 saturated heterocycles. The van der Waals surface area contributed by atoms with Crippen molar-refractivity contribution in [3.05, 3.63) is 0 Å². The predicted molar refractivity (Wildman–Crippen MR) is 38.6 cm³/mol. The summed E-state index contributed by atoms with van der Waals surface area (Å²) in [5.41, 5.74) is 10.6. The lowest BCUT2D eigenvalue weighted by atomic mass is 10.2. The second kappa shape index (κ2) is 5.75. The molecule has 10 heavy (non-hydrogen) atoms. The zero-order chi connectivity index (χ0) is 7.98. The molecule has 5 nitrogen and oxygen atoms in total. The first-order valence-corrected chi connectivity index (χ1v) is 4.02. The van der Waals surface area contributed by atoms with Crippen molar-refractivity contribution in [2.45, 2.75) is 12.5 Å². The molecular weight excluding hydrogens is 154 g/mol. The largest absolute Gasteiger partial charge is 0.760 e. The van der Waals surface area contributed by atoms with Gasteiger partial charge in [-0.1, -0.05) is 0 Å². The molecule has 6 heteroatoms. The molecule has 0 aliphatic rings.